The first-order valence-electron chi connectivity index (χ1n) is 7.36. The van der Waals surface area contributed by atoms with Gasteiger partial charge in [-0.15, -0.1) is 11.3 Å². The van der Waals surface area contributed by atoms with E-state index in [1.807, 2.05) is 22.8 Å². The van der Waals surface area contributed by atoms with E-state index in [4.69, 9.17) is 0 Å². The Balaban J connectivity index is 2.02. The molecule has 0 radical (unpaired) electrons. The van der Waals surface area contributed by atoms with E-state index in [9.17, 15) is 22.8 Å². The molecule has 23 heavy (non-hydrogen) atoms. The lowest BCUT2D eigenvalue weighted by atomic mass is 9.91. The number of rotatable bonds is 6. The molecular weight excluding hydrogens is 329 g/mol. The van der Waals surface area contributed by atoms with Crippen LogP contribution in [0.5, 0.6) is 0 Å². The number of hydrogen-bond acceptors (Lipinski definition) is 4. The summed E-state index contributed by atoms with van der Waals surface area (Å²) in [6.45, 7) is 0.558. The van der Waals surface area contributed by atoms with Gasteiger partial charge in [0.2, 0.25) is 0 Å². The molecule has 0 aromatic carbocycles. The van der Waals surface area contributed by atoms with Gasteiger partial charge >= 0.3 is 12.1 Å². The van der Waals surface area contributed by atoms with E-state index in [0.717, 1.165) is 4.88 Å². The second-order valence-corrected chi connectivity index (χ2v) is 6.95. The highest BCUT2D eigenvalue weighted by Crippen LogP contribution is 2.32. The maximum atomic E-state index is 12.5. The number of ketones is 1. The highest BCUT2D eigenvalue weighted by atomic mass is 32.1. The summed E-state index contributed by atoms with van der Waals surface area (Å²) in [4.78, 5) is 26.6. The molecule has 1 aromatic rings. The molecule has 2 rings (SSSR count). The Morgan fingerprint density at radius 1 is 1.35 bits per heavy atom. The largest absolute Gasteiger partial charge is 0.471 e. The zero-order chi connectivity index (χ0) is 17.1. The van der Waals surface area contributed by atoms with Crippen LogP contribution in [0.1, 0.15) is 30.6 Å². The van der Waals surface area contributed by atoms with Gasteiger partial charge in [0.15, 0.2) is 5.78 Å². The van der Waals surface area contributed by atoms with Gasteiger partial charge in [0, 0.05) is 11.4 Å². The van der Waals surface area contributed by atoms with Gasteiger partial charge in [-0.2, -0.15) is 13.2 Å². The smallest absolute Gasteiger partial charge is 0.336 e. The van der Waals surface area contributed by atoms with Gasteiger partial charge in [-0.1, -0.05) is 18.9 Å². The molecule has 1 fully saturated rings. The quantitative estimate of drug-likeness (QED) is 0.860. The van der Waals surface area contributed by atoms with Crippen LogP contribution >= 0.6 is 11.3 Å². The molecule has 0 spiro atoms. The summed E-state index contributed by atoms with van der Waals surface area (Å²) in [6.07, 6.45) is -3.17. The van der Waals surface area contributed by atoms with Crippen LogP contribution in [-0.4, -0.2) is 41.9 Å². The molecular formula is C15H19F3N2O2S. The van der Waals surface area contributed by atoms with Crippen LogP contribution in [-0.2, 0) is 16.1 Å². The number of carbonyl (C=O) groups excluding carboxylic acids is 2. The van der Waals surface area contributed by atoms with Crippen molar-refractivity contribution in [3.8, 4) is 0 Å². The van der Waals surface area contributed by atoms with Gasteiger partial charge in [0.25, 0.3) is 0 Å². The highest BCUT2D eigenvalue weighted by molar-refractivity contribution is 7.09. The monoisotopic (exact) mass is 348 g/mol. The first-order valence-corrected chi connectivity index (χ1v) is 8.24. The summed E-state index contributed by atoms with van der Waals surface area (Å²) < 4.78 is 37.6. The van der Waals surface area contributed by atoms with Crippen LogP contribution in [0.25, 0.3) is 0 Å². The van der Waals surface area contributed by atoms with Gasteiger partial charge in [-0.05, 0) is 31.3 Å². The molecule has 8 heteroatoms. The Labute approximate surface area is 136 Å². The Morgan fingerprint density at radius 3 is 2.52 bits per heavy atom. The van der Waals surface area contributed by atoms with Crippen LogP contribution in [0, 0.1) is 0 Å². The molecule has 1 saturated carbocycles. The number of alkyl halides is 3. The second-order valence-electron chi connectivity index (χ2n) is 5.92. The van der Waals surface area contributed by atoms with E-state index >= 15 is 0 Å². The molecule has 1 aliphatic carbocycles. The van der Waals surface area contributed by atoms with Crippen LogP contribution < -0.4 is 5.32 Å². The highest BCUT2D eigenvalue weighted by Gasteiger charge is 2.48. The molecule has 0 saturated heterocycles. The molecule has 0 aliphatic heterocycles. The predicted octanol–water partition coefficient (Wildman–Crippen LogP) is 2.74. The van der Waals surface area contributed by atoms with Crippen molar-refractivity contribution < 1.29 is 22.8 Å². The van der Waals surface area contributed by atoms with Crippen LogP contribution in [0.3, 0.4) is 0 Å². The van der Waals surface area contributed by atoms with Crippen molar-refractivity contribution in [1.29, 1.82) is 0 Å². The van der Waals surface area contributed by atoms with Gasteiger partial charge in [0.1, 0.15) is 5.54 Å². The van der Waals surface area contributed by atoms with Crippen molar-refractivity contribution in [3.63, 3.8) is 0 Å². The van der Waals surface area contributed by atoms with Crippen LogP contribution in [0.4, 0.5) is 13.2 Å². The third kappa shape index (κ3) is 4.54. The molecule has 0 bridgehead atoms. The van der Waals surface area contributed by atoms with Crippen molar-refractivity contribution >= 4 is 23.0 Å². The summed E-state index contributed by atoms with van der Waals surface area (Å²) in [5.74, 6) is -2.39. The summed E-state index contributed by atoms with van der Waals surface area (Å²) in [6, 6.07) is 3.83. The number of likely N-dealkylation sites (N-methyl/N-ethyl adjacent to an activating group) is 1. The second kappa shape index (κ2) is 7.00. The fourth-order valence-electron chi connectivity index (χ4n) is 2.86. The third-order valence-corrected chi connectivity index (χ3v) is 4.88. The number of nitrogens with one attached hydrogen (secondary N) is 1. The zero-order valence-corrected chi connectivity index (χ0v) is 13.6. The van der Waals surface area contributed by atoms with Crippen molar-refractivity contribution in [2.75, 3.05) is 13.6 Å². The van der Waals surface area contributed by atoms with E-state index in [1.165, 1.54) is 0 Å². The fraction of sp³-hybridized carbons (Fsp3) is 0.600. The summed E-state index contributed by atoms with van der Waals surface area (Å²) in [5.41, 5.74) is -1.38. The fourth-order valence-corrected chi connectivity index (χ4v) is 3.65. The maximum Gasteiger partial charge on any atom is 0.471 e. The molecule has 0 atom stereocenters. The van der Waals surface area contributed by atoms with E-state index in [0.29, 0.717) is 19.4 Å². The standard InChI is InChI=1S/C15H19F3N2O2S/c1-20(9-11-5-4-8-23-11)10-12(21)14(6-2-3-7-14)19-13(22)15(16,17)18/h4-5,8H,2-3,6-7,9-10H2,1H3,(H,19,22). The summed E-state index contributed by atoms with van der Waals surface area (Å²) in [5, 5.41) is 3.88. The molecule has 1 heterocycles. The van der Waals surface area contributed by atoms with Crippen LogP contribution in [0.2, 0.25) is 0 Å². The lowest BCUT2D eigenvalue weighted by Gasteiger charge is -2.31. The number of hydrogen-bond donors (Lipinski definition) is 1. The Hall–Kier alpha value is -1.41. The SMILES string of the molecule is CN(CC(=O)C1(NC(=O)C(F)(F)F)CCCC1)Cc1cccs1. The van der Waals surface area contributed by atoms with E-state index in [-0.39, 0.29) is 25.2 Å². The summed E-state index contributed by atoms with van der Waals surface area (Å²) in [7, 11) is 1.74. The first-order chi connectivity index (χ1) is 10.7. The van der Waals surface area contributed by atoms with E-state index < -0.39 is 17.6 Å². The number of Topliss-reactive ketones (excluding diaryl/α,β-unsaturated/α-hetero) is 1. The maximum absolute atomic E-state index is 12.5. The number of halogens is 3. The first kappa shape index (κ1) is 17.9. The topological polar surface area (TPSA) is 49.4 Å². The molecule has 128 valence electrons. The third-order valence-electron chi connectivity index (χ3n) is 4.02. The lowest BCUT2D eigenvalue weighted by molar-refractivity contribution is -0.176. The Kier molecular flexibility index (Phi) is 5.46. The lowest BCUT2D eigenvalue weighted by Crippen LogP contribution is -2.58. The van der Waals surface area contributed by atoms with E-state index in [2.05, 4.69) is 0 Å². The Morgan fingerprint density at radius 2 is 2.00 bits per heavy atom. The minimum absolute atomic E-state index is 0.00996. The number of amides is 1. The van der Waals surface area contributed by atoms with Gasteiger partial charge < -0.3 is 5.32 Å². The van der Waals surface area contributed by atoms with Crippen molar-refractivity contribution in [1.82, 2.24) is 10.2 Å². The van der Waals surface area contributed by atoms with Gasteiger partial charge in [-0.3, -0.25) is 14.5 Å². The van der Waals surface area contributed by atoms with Crippen molar-refractivity contribution in [3.05, 3.63) is 22.4 Å². The van der Waals surface area contributed by atoms with Crippen molar-refractivity contribution in [2.45, 2.75) is 43.9 Å². The minimum atomic E-state index is -4.97. The van der Waals surface area contributed by atoms with E-state index in [1.54, 1.807) is 23.3 Å². The molecule has 1 amide bonds. The molecule has 4 nitrogen and oxygen atoms in total. The minimum Gasteiger partial charge on any atom is -0.336 e. The molecule has 1 aliphatic rings. The average molecular weight is 348 g/mol. The summed E-state index contributed by atoms with van der Waals surface area (Å²) >= 11 is 1.55. The van der Waals surface area contributed by atoms with Gasteiger partial charge in [0.05, 0.1) is 6.54 Å². The number of nitrogens with zero attached hydrogens (tertiary/aromatic N) is 1. The average Bonchev–Trinajstić information content (AvgIpc) is 3.09. The number of carbonyl (C=O) groups is 2. The predicted molar refractivity (Wildman–Crippen MR) is 81.1 cm³/mol. The van der Waals surface area contributed by atoms with Crippen molar-refractivity contribution in [2.24, 2.45) is 0 Å². The Bertz CT molecular complexity index is 552. The molecule has 1 aromatic heterocycles. The normalized spacial score (nSPS) is 17.4. The molecule has 1 N–H and O–H groups in total. The number of thiophene rings is 1. The molecule has 0 unspecified atom stereocenters. The zero-order valence-electron chi connectivity index (χ0n) is 12.8. The van der Waals surface area contributed by atoms with Crippen LogP contribution in [0.15, 0.2) is 17.5 Å². The van der Waals surface area contributed by atoms with Gasteiger partial charge in [-0.25, -0.2) is 0 Å².